The monoisotopic (exact) mass is 335 g/mol. The van der Waals surface area contributed by atoms with E-state index in [4.69, 9.17) is 0 Å². The zero-order valence-corrected chi connectivity index (χ0v) is 14.6. The maximum atomic E-state index is 12.7. The molecule has 0 bridgehead atoms. The van der Waals surface area contributed by atoms with Crippen LogP contribution < -0.4 is 0 Å². The van der Waals surface area contributed by atoms with Crippen LogP contribution in [0.25, 0.3) is 0 Å². The van der Waals surface area contributed by atoms with E-state index in [1.807, 2.05) is 4.90 Å². The van der Waals surface area contributed by atoms with Gasteiger partial charge in [0.2, 0.25) is 0 Å². The van der Waals surface area contributed by atoms with E-state index in [0.717, 1.165) is 25.9 Å². The molecule has 4 nitrogen and oxygen atoms in total. The van der Waals surface area contributed by atoms with Crippen LogP contribution in [0.4, 0.5) is 0 Å². The van der Waals surface area contributed by atoms with Crippen LogP contribution in [-0.4, -0.2) is 38.6 Å². The fraction of sp³-hybridized carbons (Fsp3) is 0.611. The first-order valence-corrected chi connectivity index (χ1v) is 10.4. The van der Waals surface area contributed by atoms with E-state index in [-0.39, 0.29) is 10.8 Å². The van der Waals surface area contributed by atoms with Gasteiger partial charge >= 0.3 is 0 Å². The van der Waals surface area contributed by atoms with Crippen molar-refractivity contribution in [2.75, 3.05) is 19.3 Å². The summed E-state index contributed by atoms with van der Waals surface area (Å²) in [5, 5.41) is 0. The van der Waals surface area contributed by atoms with Gasteiger partial charge in [-0.05, 0) is 49.3 Å². The van der Waals surface area contributed by atoms with E-state index in [1.165, 1.54) is 44.4 Å². The first kappa shape index (κ1) is 16.5. The van der Waals surface area contributed by atoms with Gasteiger partial charge in [0, 0.05) is 24.9 Å². The number of hydrogen-bond donors (Lipinski definition) is 0. The smallest absolute Gasteiger partial charge is 0.253 e. The highest BCUT2D eigenvalue weighted by Gasteiger charge is 2.36. The molecule has 1 amide bonds. The number of nitrogens with zero attached hydrogens (tertiary/aromatic N) is 1. The van der Waals surface area contributed by atoms with Gasteiger partial charge in [0.15, 0.2) is 9.84 Å². The molecule has 0 atom stereocenters. The summed E-state index contributed by atoms with van der Waals surface area (Å²) in [7, 11) is -3.28. The molecule has 1 saturated carbocycles. The third kappa shape index (κ3) is 3.60. The third-order valence-corrected chi connectivity index (χ3v) is 6.64. The number of likely N-dealkylation sites (tertiary alicyclic amines) is 1. The molecular weight excluding hydrogens is 310 g/mol. The van der Waals surface area contributed by atoms with E-state index in [9.17, 15) is 13.2 Å². The summed E-state index contributed by atoms with van der Waals surface area (Å²) in [6.45, 7) is 1.59. The Morgan fingerprint density at radius 1 is 1.04 bits per heavy atom. The Balaban J connectivity index is 1.70. The Morgan fingerprint density at radius 3 is 2.30 bits per heavy atom. The maximum absolute atomic E-state index is 12.7. The van der Waals surface area contributed by atoms with Gasteiger partial charge in [-0.15, -0.1) is 0 Å². The van der Waals surface area contributed by atoms with Crippen molar-refractivity contribution in [1.82, 2.24) is 4.90 Å². The second kappa shape index (κ2) is 6.27. The Kier molecular flexibility index (Phi) is 4.50. The molecule has 1 aromatic rings. The van der Waals surface area contributed by atoms with Gasteiger partial charge in [-0.25, -0.2) is 8.42 Å². The number of carbonyl (C=O) groups is 1. The van der Waals surface area contributed by atoms with Crippen LogP contribution in [0.3, 0.4) is 0 Å². The van der Waals surface area contributed by atoms with Crippen molar-refractivity contribution in [3.63, 3.8) is 0 Å². The standard InChI is InChI=1S/C18H25NO3S/c1-23(21,22)16-7-5-6-15(14-16)17(20)19-12-10-18(11-13-19)8-3-2-4-9-18/h5-7,14H,2-4,8-13H2,1H3. The van der Waals surface area contributed by atoms with Gasteiger partial charge in [-0.3, -0.25) is 4.79 Å². The topological polar surface area (TPSA) is 54.5 Å². The highest BCUT2D eigenvalue weighted by molar-refractivity contribution is 7.90. The lowest BCUT2D eigenvalue weighted by molar-refractivity contribution is 0.0472. The lowest BCUT2D eigenvalue weighted by Crippen LogP contribution is -2.43. The van der Waals surface area contributed by atoms with Crippen molar-refractivity contribution in [2.45, 2.75) is 49.8 Å². The van der Waals surface area contributed by atoms with E-state index in [2.05, 4.69) is 0 Å². The predicted octanol–water partition coefficient (Wildman–Crippen LogP) is 3.28. The summed E-state index contributed by atoms with van der Waals surface area (Å²) in [5.74, 6) is -0.0406. The van der Waals surface area contributed by atoms with Crippen LogP contribution in [0, 0.1) is 5.41 Å². The van der Waals surface area contributed by atoms with Crippen molar-refractivity contribution in [2.24, 2.45) is 5.41 Å². The molecule has 0 radical (unpaired) electrons. The first-order chi connectivity index (χ1) is 10.9. The molecule has 2 fully saturated rings. The molecule has 5 heteroatoms. The van der Waals surface area contributed by atoms with Gasteiger partial charge in [-0.1, -0.05) is 25.3 Å². The number of carbonyl (C=O) groups excluding carboxylic acids is 1. The first-order valence-electron chi connectivity index (χ1n) is 8.49. The van der Waals surface area contributed by atoms with Gasteiger partial charge in [-0.2, -0.15) is 0 Å². The fourth-order valence-corrected chi connectivity index (χ4v) is 4.70. The second-order valence-corrected chi connectivity index (χ2v) is 9.17. The molecule has 1 heterocycles. The molecule has 1 aromatic carbocycles. The summed E-state index contributed by atoms with van der Waals surface area (Å²) in [6, 6.07) is 6.40. The van der Waals surface area contributed by atoms with Gasteiger partial charge in [0.25, 0.3) is 5.91 Å². The number of benzene rings is 1. The van der Waals surface area contributed by atoms with Crippen LogP contribution in [0.2, 0.25) is 0 Å². The van der Waals surface area contributed by atoms with Crippen molar-refractivity contribution in [1.29, 1.82) is 0 Å². The van der Waals surface area contributed by atoms with Crippen molar-refractivity contribution >= 4 is 15.7 Å². The third-order valence-electron chi connectivity index (χ3n) is 5.53. The molecule has 1 spiro atoms. The molecule has 0 aromatic heterocycles. The summed E-state index contributed by atoms with van der Waals surface area (Å²) in [6.07, 6.45) is 9.95. The van der Waals surface area contributed by atoms with Gasteiger partial charge in [0.05, 0.1) is 4.90 Å². The van der Waals surface area contributed by atoms with Gasteiger partial charge in [0.1, 0.15) is 0 Å². The van der Waals surface area contributed by atoms with E-state index < -0.39 is 9.84 Å². The zero-order valence-electron chi connectivity index (χ0n) is 13.8. The molecule has 1 saturated heterocycles. The molecule has 0 N–H and O–H groups in total. The zero-order chi connectivity index (χ0) is 16.5. The molecule has 1 aliphatic heterocycles. The normalized spacial score (nSPS) is 21.3. The Bertz CT molecular complexity index is 680. The Labute approximate surface area is 138 Å². The van der Waals surface area contributed by atoms with Crippen molar-refractivity contribution < 1.29 is 13.2 Å². The number of rotatable bonds is 2. The Morgan fingerprint density at radius 2 is 1.70 bits per heavy atom. The molecule has 1 aliphatic carbocycles. The minimum Gasteiger partial charge on any atom is -0.339 e. The molecule has 23 heavy (non-hydrogen) atoms. The number of hydrogen-bond acceptors (Lipinski definition) is 3. The SMILES string of the molecule is CS(=O)(=O)c1cccc(C(=O)N2CCC3(CCCCC3)CC2)c1. The highest BCUT2D eigenvalue weighted by Crippen LogP contribution is 2.44. The van der Waals surface area contributed by atoms with Crippen LogP contribution in [0.15, 0.2) is 29.2 Å². The minimum absolute atomic E-state index is 0.0406. The van der Waals surface area contributed by atoms with Crippen LogP contribution in [-0.2, 0) is 9.84 Å². The lowest BCUT2D eigenvalue weighted by atomic mass is 9.68. The molecular formula is C18H25NO3S. The van der Waals surface area contributed by atoms with E-state index >= 15 is 0 Å². The predicted molar refractivity (Wildman–Crippen MR) is 90.2 cm³/mol. The van der Waals surface area contributed by atoms with E-state index in [0.29, 0.717) is 11.0 Å². The average molecular weight is 335 g/mol. The summed E-state index contributed by atoms with van der Waals surface area (Å²) in [4.78, 5) is 14.8. The average Bonchev–Trinajstić information content (AvgIpc) is 2.55. The quantitative estimate of drug-likeness (QED) is 0.833. The second-order valence-electron chi connectivity index (χ2n) is 7.15. The lowest BCUT2D eigenvalue weighted by Gasteiger charge is -2.44. The van der Waals surface area contributed by atoms with Crippen LogP contribution >= 0.6 is 0 Å². The summed E-state index contributed by atoms with van der Waals surface area (Å²) < 4.78 is 23.3. The van der Waals surface area contributed by atoms with E-state index in [1.54, 1.807) is 18.2 Å². The largest absolute Gasteiger partial charge is 0.339 e. The molecule has 2 aliphatic rings. The Hall–Kier alpha value is -1.36. The molecule has 3 rings (SSSR count). The molecule has 126 valence electrons. The maximum Gasteiger partial charge on any atom is 0.253 e. The van der Waals surface area contributed by atoms with Crippen LogP contribution in [0.5, 0.6) is 0 Å². The van der Waals surface area contributed by atoms with Crippen molar-refractivity contribution in [3.05, 3.63) is 29.8 Å². The van der Waals surface area contributed by atoms with Crippen LogP contribution in [0.1, 0.15) is 55.3 Å². The molecule has 0 unspecified atom stereocenters. The van der Waals surface area contributed by atoms with Crippen molar-refractivity contribution in [3.8, 4) is 0 Å². The summed E-state index contributed by atoms with van der Waals surface area (Å²) >= 11 is 0. The number of amides is 1. The highest BCUT2D eigenvalue weighted by atomic mass is 32.2. The number of piperidine rings is 1. The minimum atomic E-state index is -3.28. The van der Waals surface area contributed by atoms with Gasteiger partial charge < -0.3 is 4.90 Å². The summed E-state index contributed by atoms with van der Waals surface area (Å²) in [5.41, 5.74) is 0.941. The fourth-order valence-electron chi connectivity index (χ4n) is 4.03. The number of sulfone groups is 1.